The van der Waals surface area contributed by atoms with E-state index in [2.05, 4.69) is 65.5 Å². The van der Waals surface area contributed by atoms with Crippen LogP contribution < -0.4 is 4.90 Å². The van der Waals surface area contributed by atoms with E-state index >= 15 is 0 Å². The van der Waals surface area contributed by atoms with Gasteiger partial charge in [0.15, 0.2) is 0 Å². The Labute approximate surface area is 143 Å². The maximum absolute atomic E-state index is 10.6. The molecule has 1 rings (SSSR count). The van der Waals surface area contributed by atoms with Crippen LogP contribution in [0.3, 0.4) is 0 Å². The number of benzene rings is 1. The van der Waals surface area contributed by atoms with E-state index in [0.717, 1.165) is 17.8 Å². The minimum atomic E-state index is -0.167. The highest BCUT2D eigenvalue weighted by atomic mass is 16.3. The monoisotopic (exact) mass is 323 g/mol. The number of aromatic hydroxyl groups is 1. The maximum atomic E-state index is 10.6. The summed E-state index contributed by atoms with van der Waals surface area (Å²) in [5, 5.41) is 18.6. The molecule has 0 heterocycles. The highest BCUT2D eigenvalue weighted by molar-refractivity contribution is 5.64. The molecule has 0 bridgehead atoms. The zero-order valence-corrected chi connectivity index (χ0v) is 16.8. The molecule has 134 valence electrons. The molecule has 0 saturated carbocycles. The van der Waals surface area contributed by atoms with Gasteiger partial charge in [-0.15, -0.1) is 0 Å². The van der Waals surface area contributed by atoms with Crippen LogP contribution in [0.25, 0.3) is 0 Å². The lowest BCUT2D eigenvalue weighted by Crippen LogP contribution is -2.21. The second kappa shape index (κ2) is 8.05. The molecule has 1 aromatic carbocycles. The predicted octanol–water partition coefficient (Wildman–Crippen LogP) is 4.83. The number of aliphatic hydroxyl groups is 1. The van der Waals surface area contributed by atoms with Gasteiger partial charge >= 0.3 is 0 Å². The third kappa shape index (κ3) is 6.82. The number of phenols is 1. The first-order valence-electron chi connectivity index (χ1n) is 8.49. The smallest absolute Gasteiger partial charge is 0.142 e. The van der Waals surface area contributed by atoms with Gasteiger partial charge in [-0.3, -0.25) is 0 Å². The number of rotatable bonds is 2. The largest absolute Gasteiger partial charge is 0.505 e. The van der Waals surface area contributed by atoms with Crippen molar-refractivity contribution in [2.45, 2.75) is 79.2 Å². The van der Waals surface area contributed by atoms with Gasteiger partial charge in [0.05, 0.1) is 5.69 Å². The highest BCUT2D eigenvalue weighted by Gasteiger charge is 2.25. The van der Waals surface area contributed by atoms with Gasteiger partial charge in [-0.25, -0.2) is 0 Å². The summed E-state index contributed by atoms with van der Waals surface area (Å²) in [6, 6.07) is 4.27. The van der Waals surface area contributed by atoms with Crippen LogP contribution in [-0.2, 0) is 10.8 Å². The van der Waals surface area contributed by atoms with Crippen molar-refractivity contribution in [1.82, 2.24) is 0 Å². The number of hydrogen-bond acceptors (Lipinski definition) is 3. The third-order valence-corrected chi connectivity index (χ3v) is 3.65. The van der Waals surface area contributed by atoms with E-state index in [9.17, 15) is 5.11 Å². The van der Waals surface area contributed by atoms with Crippen molar-refractivity contribution >= 4 is 5.69 Å². The Morgan fingerprint density at radius 3 is 1.74 bits per heavy atom. The van der Waals surface area contributed by atoms with E-state index in [1.54, 1.807) is 13.8 Å². The standard InChI is InChI=1S/C17H29NO.C3H8O/c1-9-18(8)14-11-12(16(2,3)4)10-13(15(14)19)17(5,6)7;1-3(2)4/h10-11,19H,9H2,1-8H3;3-4H,1-2H3. The molecule has 23 heavy (non-hydrogen) atoms. The van der Waals surface area contributed by atoms with E-state index in [4.69, 9.17) is 5.11 Å². The van der Waals surface area contributed by atoms with E-state index in [1.807, 2.05) is 7.05 Å². The lowest BCUT2D eigenvalue weighted by atomic mass is 9.79. The summed E-state index contributed by atoms with van der Waals surface area (Å²) in [6.07, 6.45) is -0.167. The van der Waals surface area contributed by atoms with Crippen molar-refractivity contribution in [2.24, 2.45) is 0 Å². The molecule has 0 aliphatic heterocycles. The van der Waals surface area contributed by atoms with Crippen molar-refractivity contribution < 1.29 is 10.2 Å². The van der Waals surface area contributed by atoms with Crippen LogP contribution in [0.2, 0.25) is 0 Å². The second-order valence-corrected chi connectivity index (χ2v) is 8.50. The Kier molecular flexibility index (Phi) is 7.62. The highest BCUT2D eigenvalue weighted by Crippen LogP contribution is 2.41. The average Bonchev–Trinajstić information content (AvgIpc) is 2.34. The number of aliphatic hydroxyl groups excluding tert-OH is 1. The summed E-state index contributed by atoms with van der Waals surface area (Å²) < 4.78 is 0. The molecule has 0 unspecified atom stereocenters. The number of anilines is 1. The quantitative estimate of drug-likeness (QED) is 0.819. The molecule has 2 N–H and O–H groups in total. The van der Waals surface area contributed by atoms with Gasteiger partial charge in [0.2, 0.25) is 0 Å². The topological polar surface area (TPSA) is 43.7 Å². The summed E-state index contributed by atoms with van der Waals surface area (Å²) >= 11 is 0. The molecule has 0 spiro atoms. The molecule has 0 radical (unpaired) electrons. The van der Waals surface area contributed by atoms with Crippen molar-refractivity contribution in [3.8, 4) is 5.75 Å². The Bertz CT molecular complexity index is 491. The van der Waals surface area contributed by atoms with E-state index in [0.29, 0.717) is 5.75 Å². The van der Waals surface area contributed by atoms with Crippen molar-refractivity contribution in [3.63, 3.8) is 0 Å². The molecule has 3 nitrogen and oxygen atoms in total. The lowest BCUT2D eigenvalue weighted by Gasteiger charge is -2.30. The van der Waals surface area contributed by atoms with Gasteiger partial charge in [-0.1, -0.05) is 47.6 Å². The van der Waals surface area contributed by atoms with Crippen molar-refractivity contribution in [2.75, 3.05) is 18.5 Å². The molecule has 1 aromatic rings. The first-order valence-corrected chi connectivity index (χ1v) is 8.49. The molecule has 3 heteroatoms. The number of nitrogens with zero attached hydrogens (tertiary/aromatic N) is 1. The van der Waals surface area contributed by atoms with Gasteiger partial charge in [-0.05, 0) is 43.2 Å². The molecule has 0 fully saturated rings. The number of hydrogen-bond donors (Lipinski definition) is 2. The van der Waals surface area contributed by atoms with E-state index in [-0.39, 0.29) is 16.9 Å². The fourth-order valence-electron chi connectivity index (χ4n) is 2.09. The fraction of sp³-hybridized carbons (Fsp3) is 0.700. The van der Waals surface area contributed by atoms with E-state index in [1.165, 1.54) is 5.56 Å². The van der Waals surface area contributed by atoms with Crippen LogP contribution in [0.5, 0.6) is 5.75 Å². The Balaban J connectivity index is 0.00000108. The third-order valence-electron chi connectivity index (χ3n) is 3.65. The lowest BCUT2D eigenvalue weighted by molar-refractivity contribution is 0.216. The molecular formula is C20H37NO2. The number of phenolic OH excluding ortho intramolecular Hbond substituents is 1. The van der Waals surface area contributed by atoms with Gasteiger partial charge in [0, 0.05) is 25.3 Å². The summed E-state index contributed by atoms with van der Waals surface area (Å²) in [6.45, 7) is 19.5. The summed E-state index contributed by atoms with van der Waals surface area (Å²) in [5.41, 5.74) is 3.24. The van der Waals surface area contributed by atoms with Crippen LogP contribution in [0, 0.1) is 0 Å². The first-order chi connectivity index (χ1) is 10.2. The molecule has 0 aromatic heterocycles. The van der Waals surface area contributed by atoms with Gasteiger partial charge < -0.3 is 15.1 Å². The maximum Gasteiger partial charge on any atom is 0.142 e. The van der Waals surface area contributed by atoms with Crippen LogP contribution in [-0.4, -0.2) is 29.9 Å². The first kappa shape index (κ1) is 21.8. The Hall–Kier alpha value is -1.22. The van der Waals surface area contributed by atoms with Gasteiger partial charge in [-0.2, -0.15) is 0 Å². The predicted molar refractivity (Wildman–Crippen MR) is 102 cm³/mol. The van der Waals surface area contributed by atoms with Crippen LogP contribution in [0.4, 0.5) is 5.69 Å². The zero-order chi connectivity index (χ0) is 18.6. The van der Waals surface area contributed by atoms with Crippen LogP contribution >= 0.6 is 0 Å². The van der Waals surface area contributed by atoms with Crippen molar-refractivity contribution in [3.05, 3.63) is 23.3 Å². The Morgan fingerprint density at radius 2 is 1.43 bits per heavy atom. The van der Waals surface area contributed by atoms with Crippen molar-refractivity contribution in [1.29, 1.82) is 0 Å². The SMILES string of the molecule is CC(C)O.CCN(C)c1cc(C(C)(C)C)cc(C(C)(C)C)c1O. The second-order valence-electron chi connectivity index (χ2n) is 8.50. The molecular weight excluding hydrogens is 286 g/mol. The fourth-order valence-corrected chi connectivity index (χ4v) is 2.09. The van der Waals surface area contributed by atoms with Crippen LogP contribution in [0.15, 0.2) is 12.1 Å². The minimum absolute atomic E-state index is 0.0608. The molecule has 0 amide bonds. The molecule has 0 saturated heterocycles. The van der Waals surface area contributed by atoms with Crippen LogP contribution in [0.1, 0.15) is 73.4 Å². The minimum Gasteiger partial charge on any atom is -0.505 e. The van der Waals surface area contributed by atoms with Gasteiger partial charge in [0.25, 0.3) is 0 Å². The van der Waals surface area contributed by atoms with Gasteiger partial charge in [0.1, 0.15) is 5.75 Å². The molecule has 0 aliphatic rings. The summed E-state index contributed by atoms with van der Waals surface area (Å²) in [5.74, 6) is 0.421. The zero-order valence-electron chi connectivity index (χ0n) is 16.8. The molecule has 0 atom stereocenters. The molecule has 0 aliphatic carbocycles. The van der Waals surface area contributed by atoms with E-state index < -0.39 is 0 Å². The normalized spacial score (nSPS) is 12.0. The Morgan fingerprint density at radius 1 is 1.00 bits per heavy atom. The average molecular weight is 324 g/mol. The summed E-state index contributed by atoms with van der Waals surface area (Å²) in [4.78, 5) is 2.10. The summed E-state index contributed by atoms with van der Waals surface area (Å²) in [7, 11) is 2.02.